The molecule has 23 heavy (non-hydrogen) atoms. The summed E-state index contributed by atoms with van der Waals surface area (Å²) in [6.45, 7) is 0. The van der Waals surface area contributed by atoms with Crippen LogP contribution < -0.4 is 0 Å². The van der Waals surface area contributed by atoms with E-state index in [0.717, 1.165) is 5.02 Å². The zero-order valence-electron chi connectivity index (χ0n) is 12.5. The number of thiophene rings is 1. The molecule has 0 fully saturated rings. The van der Waals surface area contributed by atoms with Gasteiger partial charge in [-0.05, 0) is 66.3 Å². The van der Waals surface area contributed by atoms with E-state index in [-0.39, 0.29) is 12.4 Å². The first-order valence-electron chi connectivity index (χ1n) is 7.60. The third-order valence-corrected chi connectivity index (χ3v) is 5.86. The van der Waals surface area contributed by atoms with Crippen molar-refractivity contribution in [1.82, 2.24) is 4.98 Å². The summed E-state index contributed by atoms with van der Waals surface area (Å²) in [5.41, 5.74) is 4.15. The summed E-state index contributed by atoms with van der Waals surface area (Å²) in [4.78, 5) is 7.01. The van der Waals surface area contributed by atoms with Crippen LogP contribution in [-0.4, -0.2) is 4.98 Å². The molecule has 0 saturated heterocycles. The summed E-state index contributed by atoms with van der Waals surface area (Å²) in [6, 6.07) is 14.9. The zero-order valence-corrected chi connectivity index (χ0v) is 14.9. The average molecular weight is 362 g/mol. The largest absolute Gasteiger partial charge is 0.265 e. The summed E-state index contributed by atoms with van der Waals surface area (Å²) >= 11 is 7.97. The van der Waals surface area contributed by atoms with Crippen LogP contribution in [0.2, 0.25) is 5.02 Å². The van der Waals surface area contributed by atoms with Crippen LogP contribution in [0, 0.1) is 0 Å². The number of rotatable bonds is 2. The second-order valence-electron chi connectivity index (χ2n) is 5.72. The van der Waals surface area contributed by atoms with Crippen LogP contribution >= 0.6 is 35.3 Å². The lowest BCUT2D eigenvalue weighted by Gasteiger charge is -2.22. The Kier molecular flexibility index (Phi) is 5.05. The average Bonchev–Trinajstić information content (AvgIpc) is 3.01. The Labute approximate surface area is 151 Å². The van der Waals surface area contributed by atoms with Gasteiger partial charge in [0, 0.05) is 33.1 Å². The van der Waals surface area contributed by atoms with Crippen LogP contribution in [0.15, 0.2) is 54.9 Å². The Morgan fingerprint density at radius 2 is 1.78 bits per heavy atom. The third-order valence-electron chi connectivity index (χ3n) is 4.35. The molecule has 0 amide bonds. The minimum Gasteiger partial charge on any atom is -0.265 e. The van der Waals surface area contributed by atoms with Crippen LogP contribution in [0.25, 0.3) is 10.4 Å². The first-order valence-corrected chi connectivity index (χ1v) is 8.79. The lowest BCUT2D eigenvalue weighted by molar-refractivity contribution is 0.625. The van der Waals surface area contributed by atoms with Crippen molar-refractivity contribution in [3.8, 4) is 10.4 Å². The highest BCUT2D eigenvalue weighted by molar-refractivity contribution is 7.15. The lowest BCUT2D eigenvalue weighted by Crippen LogP contribution is -2.08. The smallest absolute Gasteiger partial charge is 0.0406 e. The summed E-state index contributed by atoms with van der Waals surface area (Å²) in [5.74, 6) is 0.507. The summed E-state index contributed by atoms with van der Waals surface area (Å²) in [6.07, 6.45) is 7.42. The van der Waals surface area contributed by atoms with Gasteiger partial charge < -0.3 is 0 Å². The molecule has 1 aliphatic carbocycles. The van der Waals surface area contributed by atoms with Crippen LogP contribution in [0.1, 0.15) is 34.8 Å². The highest BCUT2D eigenvalue weighted by atomic mass is 35.5. The van der Waals surface area contributed by atoms with E-state index in [1.807, 2.05) is 35.9 Å². The van der Waals surface area contributed by atoms with E-state index in [0.29, 0.717) is 5.92 Å². The SMILES string of the molecule is Cl.Clc1ccc(C2CCCc3sc(-c4ccncc4)cc32)cc1. The number of fused-ring (bicyclic) bond motifs is 1. The van der Waals surface area contributed by atoms with Gasteiger partial charge in [0.1, 0.15) is 0 Å². The quantitative estimate of drug-likeness (QED) is 0.517. The Hall–Kier alpha value is -1.35. The van der Waals surface area contributed by atoms with Crippen molar-refractivity contribution in [2.24, 2.45) is 0 Å². The monoisotopic (exact) mass is 361 g/mol. The second kappa shape index (κ2) is 7.04. The maximum atomic E-state index is 6.03. The minimum absolute atomic E-state index is 0. The molecule has 0 spiro atoms. The number of aromatic nitrogens is 1. The lowest BCUT2D eigenvalue weighted by atomic mass is 9.82. The first-order chi connectivity index (χ1) is 10.8. The molecule has 2 aromatic heterocycles. The molecule has 0 saturated carbocycles. The van der Waals surface area contributed by atoms with Crippen molar-refractivity contribution >= 4 is 35.3 Å². The molecule has 0 bridgehead atoms. The fourth-order valence-corrected chi connectivity index (χ4v) is 4.65. The van der Waals surface area contributed by atoms with E-state index in [4.69, 9.17) is 11.6 Å². The van der Waals surface area contributed by atoms with E-state index in [9.17, 15) is 0 Å². The number of benzene rings is 1. The van der Waals surface area contributed by atoms with Gasteiger partial charge in [0.05, 0.1) is 0 Å². The molecule has 3 aromatic rings. The van der Waals surface area contributed by atoms with Crippen molar-refractivity contribution in [2.75, 3.05) is 0 Å². The number of halogens is 2. The molecule has 1 unspecified atom stereocenters. The van der Waals surface area contributed by atoms with E-state index >= 15 is 0 Å². The summed E-state index contributed by atoms with van der Waals surface area (Å²) < 4.78 is 0. The maximum Gasteiger partial charge on any atom is 0.0406 e. The topological polar surface area (TPSA) is 12.9 Å². The Bertz CT molecular complexity index is 781. The second-order valence-corrected chi connectivity index (χ2v) is 7.29. The minimum atomic E-state index is 0. The van der Waals surface area contributed by atoms with Gasteiger partial charge in [-0.25, -0.2) is 0 Å². The van der Waals surface area contributed by atoms with Crippen LogP contribution in [0.5, 0.6) is 0 Å². The molecule has 118 valence electrons. The molecule has 0 N–H and O–H groups in total. The number of hydrogen-bond acceptors (Lipinski definition) is 2. The van der Waals surface area contributed by atoms with Gasteiger partial charge in [-0.3, -0.25) is 4.98 Å². The van der Waals surface area contributed by atoms with Crippen LogP contribution in [0.4, 0.5) is 0 Å². The fourth-order valence-electron chi connectivity index (χ4n) is 3.26. The molecule has 2 heterocycles. The van der Waals surface area contributed by atoms with Gasteiger partial charge in [-0.2, -0.15) is 0 Å². The van der Waals surface area contributed by atoms with Gasteiger partial charge in [0.2, 0.25) is 0 Å². The number of aryl methyl sites for hydroxylation is 1. The molecule has 1 aliphatic rings. The highest BCUT2D eigenvalue weighted by Gasteiger charge is 2.24. The maximum absolute atomic E-state index is 6.03. The van der Waals surface area contributed by atoms with Crippen molar-refractivity contribution < 1.29 is 0 Å². The molecule has 1 nitrogen and oxygen atoms in total. The Morgan fingerprint density at radius 1 is 1.04 bits per heavy atom. The highest BCUT2D eigenvalue weighted by Crippen LogP contribution is 2.43. The van der Waals surface area contributed by atoms with Crippen LogP contribution in [-0.2, 0) is 6.42 Å². The third kappa shape index (κ3) is 3.30. The normalized spacial score (nSPS) is 16.5. The van der Waals surface area contributed by atoms with Crippen molar-refractivity contribution in [3.63, 3.8) is 0 Å². The Balaban J connectivity index is 0.00000156. The number of hydrogen-bond donors (Lipinski definition) is 0. The van der Waals surface area contributed by atoms with Gasteiger partial charge in [-0.15, -0.1) is 23.7 Å². The fraction of sp³-hybridized carbons (Fsp3) is 0.211. The zero-order chi connectivity index (χ0) is 14.9. The number of pyridine rings is 1. The van der Waals surface area contributed by atoms with Gasteiger partial charge in [0.15, 0.2) is 0 Å². The molecular formula is C19H17Cl2NS. The predicted molar refractivity (Wildman–Crippen MR) is 101 cm³/mol. The van der Waals surface area contributed by atoms with Crippen molar-refractivity contribution in [1.29, 1.82) is 0 Å². The van der Waals surface area contributed by atoms with Gasteiger partial charge in [-0.1, -0.05) is 23.7 Å². The van der Waals surface area contributed by atoms with Gasteiger partial charge in [0.25, 0.3) is 0 Å². The Morgan fingerprint density at radius 3 is 2.52 bits per heavy atom. The molecule has 0 aliphatic heterocycles. The molecule has 1 atom stereocenters. The molecule has 4 rings (SSSR count). The van der Waals surface area contributed by atoms with E-state index in [1.165, 1.54) is 45.7 Å². The van der Waals surface area contributed by atoms with Gasteiger partial charge >= 0.3 is 0 Å². The first kappa shape index (κ1) is 16.5. The van der Waals surface area contributed by atoms with Crippen molar-refractivity contribution in [2.45, 2.75) is 25.2 Å². The molecule has 4 heteroatoms. The van der Waals surface area contributed by atoms with E-state index < -0.39 is 0 Å². The predicted octanol–water partition coefficient (Wildman–Crippen LogP) is 6.35. The summed E-state index contributed by atoms with van der Waals surface area (Å²) in [5, 5.41) is 0.808. The van der Waals surface area contributed by atoms with Crippen LogP contribution in [0.3, 0.4) is 0 Å². The van der Waals surface area contributed by atoms with E-state index in [2.05, 4.69) is 35.3 Å². The molecule has 0 radical (unpaired) electrons. The van der Waals surface area contributed by atoms with E-state index in [1.54, 1.807) is 0 Å². The summed E-state index contributed by atoms with van der Waals surface area (Å²) in [7, 11) is 0. The van der Waals surface area contributed by atoms with Crippen molar-refractivity contribution in [3.05, 3.63) is 75.9 Å². The molecule has 1 aromatic carbocycles. The molecular weight excluding hydrogens is 345 g/mol. The number of nitrogens with zero attached hydrogens (tertiary/aromatic N) is 1. The standard InChI is InChI=1S/C19H16ClNS.ClH/c20-15-6-4-13(5-7-15)16-2-1-3-18-17(16)12-19(22-18)14-8-10-21-11-9-14;/h4-12,16H,1-3H2;1H.